The van der Waals surface area contributed by atoms with E-state index in [0.29, 0.717) is 0 Å². The summed E-state index contributed by atoms with van der Waals surface area (Å²) in [5.41, 5.74) is 2.37. The summed E-state index contributed by atoms with van der Waals surface area (Å²) in [7, 11) is 1.92. The lowest BCUT2D eigenvalue weighted by Gasteiger charge is -2.40. The summed E-state index contributed by atoms with van der Waals surface area (Å²) in [5.74, 6) is 0.135. The van der Waals surface area contributed by atoms with E-state index in [1.165, 1.54) is 5.56 Å². The number of anilines is 1. The molecule has 1 heterocycles. The highest BCUT2D eigenvalue weighted by Gasteiger charge is 2.32. The van der Waals surface area contributed by atoms with Crippen LogP contribution in [0, 0.1) is 6.92 Å². The van der Waals surface area contributed by atoms with Gasteiger partial charge in [0, 0.05) is 18.3 Å². The summed E-state index contributed by atoms with van der Waals surface area (Å²) in [6.07, 6.45) is 0.822. The quantitative estimate of drug-likeness (QED) is 0.858. The first-order valence-corrected chi connectivity index (χ1v) is 6.90. The largest absolute Gasteiger partial charge is 0.357 e. The van der Waals surface area contributed by atoms with Crippen LogP contribution in [-0.4, -0.2) is 38.1 Å². The van der Waals surface area contributed by atoms with Gasteiger partial charge >= 0.3 is 0 Å². The number of carbonyl (C=O) groups excluding carboxylic acids is 1. The standard InChI is InChI=1S/C15H23N3O/c1-11-5-4-6-13(9-11)18-10-12(2)17-15(19)14(18)7-8-16-3/h4-6,9,12,14,16H,7-8,10H2,1-3H3,(H,17,19). The van der Waals surface area contributed by atoms with Crippen LogP contribution >= 0.6 is 0 Å². The van der Waals surface area contributed by atoms with Crippen LogP contribution in [-0.2, 0) is 4.79 Å². The molecule has 0 aromatic heterocycles. The number of piperazine rings is 1. The number of aryl methyl sites for hydroxylation is 1. The van der Waals surface area contributed by atoms with E-state index in [1.807, 2.05) is 7.05 Å². The lowest BCUT2D eigenvalue weighted by Crippen LogP contribution is -2.59. The van der Waals surface area contributed by atoms with Gasteiger partial charge in [-0.2, -0.15) is 0 Å². The Morgan fingerprint density at radius 1 is 1.47 bits per heavy atom. The van der Waals surface area contributed by atoms with E-state index in [1.54, 1.807) is 0 Å². The Morgan fingerprint density at radius 3 is 2.95 bits per heavy atom. The summed E-state index contributed by atoms with van der Waals surface area (Å²) < 4.78 is 0. The van der Waals surface area contributed by atoms with E-state index in [2.05, 4.69) is 53.6 Å². The number of nitrogens with zero attached hydrogens (tertiary/aromatic N) is 1. The minimum absolute atomic E-state index is 0.0783. The highest BCUT2D eigenvalue weighted by molar-refractivity contribution is 5.87. The Bertz CT molecular complexity index is 447. The highest BCUT2D eigenvalue weighted by Crippen LogP contribution is 2.22. The molecule has 1 saturated heterocycles. The van der Waals surface area contributed by atoms with Crippen molar-refractivity contribution in [2.45, 2.75) is 32.4 Å². The first-order valence-electron chi connectivity index (χ1n) is 6.90. The van der Waals surface area contributed by atoms with Crippen molar-refractivity contribution in [3.05, 3.63) is 29.8 Å². The van der Waals surface area contributed by atoms with Gasteiger partial charge in [-0.25, -0.2) is 0 Å². The lowest BCUT2D eigenvalue weighted by molar-refractivity contribution is -0.124. The molecule has 0 saturated carbocycles. The second-order valence-electron chi connectivity index (χ2n) is 5.31. The zero-order valence-corrected chi connectivity index (χ0v) is 11.9. The first-order chi connectivity index (χ1) is 9.11. The SMILES string of the molecule is CNCCC1C(=O)NC(C)CN1c1cccc(C)c1. The first kappa shape index (κ1) is 13.9. The van der Waals surface area contributed by atoms with Crippen molar-refractivity contribution in [1.82, 2.24) is 10.6 Å². The van der Waals surface area contributed by atoms with Crippen LogP contribution in [0.15, 0.2) is 24.3 Å². The molecule has 104 valence electrons. The van der Waals surface area contributed by atoms with E-state index in [4.69, 9.17) is 0 Å². The molecule has 2 N–H and O–H groups in total. The van der Waals surface area contributed by atoms with Crippen molar-refractivity contribution in [3.63, 3.8) is 0 Å². The van der Waals surface area contributed by atoms with Crippen LogP contribution in [0.3, 0.4) is 0 Å². The molecular weight excluding hydrogens is 238 g/mol. The molecule has 1 aliphatic heterocycles. The fourth-order valence-electron chi connectivity index (χ4n) is 2.61. The summed E-state index contributed by atoms with van der Waals surface area (Å²) in [4.78, 5) is 14.4. The van der Waals surface area contributed by atoms with Gasteiger partial charge in [0.1, 0.15) is 6.04 Å². The summed E-state index contributed by atoms with van der Waals surface area (Å²) >= 11 is 0. The fourth-order valence-corrected chi connectivity index (χ4v) is 2.61. The van der Waals surface area contributed by atoms with Crippen LogP contribution in [0.2, 0.25) is 0 Å². The van der Waals surface area contributed by atoms with Crippen molar-refractivity contribution in [2.75, 3.05) is 25.0 Å². The molecule has 1 aromatic carbocycles. The smallest absolute Gasteiger partial charge is 0.243 e. The monoisotopic (exact) mass is 261 g/mol. The maximum absolute atomic E-state index is 12.2. The van der Waals surface area contributed by atoms with Crippen molar-refractivity contribution >= 4 is 11.6 Å². The Kier molecular flexibility index (Phi) is 4.43. The van der Waals surface area contributed by atoms with Gasteiger partial charge in [-0.05, 0) is 51.6 Å². The maximum Gasteiger partial charge on any atom is 0.243 e. The van der Waals surface area contributed by atoms with E-state index in [0.717, 1.165) is 25.2 Å². The lowest BCUT2D eigenvalue weighted by atomic mass is 10.0. The van der Waals surface area contributed by atoms with Gasteiger partial charge in [0.25, 0.3) is 0 Å². The van der Waals surface area contributed by atoms with Gasteiger partial charge in [0.05, 0.1) is 0 Å². The number of amides is 1. The van der Waals surface area contributed by atoms with Gasteiger partial charge in [0.15, 0.2) is 0 Å². The zero-order valence-electron chi connectivity index (χ0n) is 11.9. The minimum atomic E-state index is -0.0783. The molecule has 0 spiro atoms. The van der Waals surface area contributed by atoms with Gasteiger partial charge in [0.2, 0.25) is 5.91 Å². The van der Waals surface area contributed by atoms with E-state index in [9.17, 15) is 4.79 Å². The van der Waals surface area contributed by atoms with Crippen LogP contribution in [0.5, 0.6) is 0 Å². The summed E-state index contributed by atoms with van der Waals surface area (Å²) in [5, 5.41) is 6.17. The van der Waals surface area contributed by atoms with Gasteiger partial charge in [-0.3, -0.25) is 4.79 Å². The average Bonchev–Trinajstić information content (AvgIpc) is 2.37. The Morgan fingerprint density at radius 2 is 2.26 bits per heavy atom. The molecule has 1 aliphatic rings. The minimum Gasteiger partial charge on any atom is -0.357 e. The molecule has 1 amide bonds. The van der Waals surface area contributed by atoms with E-state index < -0.39 is 0 Å². The average molecular weight is 261 g/mol. The normalized spacial score (nSPS) is 23.3. The highest BCUT2D eigenvalue weighted by atomic mass is 16.2. The molecule has 2 unspecified atom stereocenters. The molecule has 0 bridgehead atoms. The van der Waals surface area contributed by atoms with E-state index in [-0.39, 0.29) is 18.0 Å². The second kappa shape index (κ2) is 6.06. The molecule has 19 heavy (non-hydrogen) atoms. The molecule has 2 rings (SSSR count). The number of nitrogens with one attached hydrogen (secondary N) is 2. The summed E-state index contributed by atoms with van der Waals surface area (Å²) in [6.45, 7) is 5.84. The topological polar surface area (TPSA) is 44.4 Å². The molecule has 4 heteroatoms. The van der Waals surface area contributed by atoms with Crippen LogP contribution < -0.4 is 15.5 Å². The summed E-state index contributed by atoms with van der Waals surface area (Å²) in [6, 6.07) is 8.49. The second-order valence-corrected chi connectivity index (χ2v) is 5.31. The molecule has 1 fully saturated rings. The third-order valence-electron chi connectivity index (χ3n) is 3.54. The number of carbonyl (C=O) groups is 1. The van der Waals surface area contributed by atoms with Crippen molar-refractivity contribution in [3.8, 4) is 0 Å². The fraction of sp³-hybridized carbons (Fsp3) is 0.533. The van der Waals surface area contributed by atoms with Crippen molar-refractivity contribution in [1.29, 1.82) is 0 Å². The Hall–Kier alpha value is -1.55. The maximum atomic E-state index is 12.2. The molecule has 4 nitrogen and oxygen atoms in total. The molecule has 0 aliphatic carbocycles. The Labute approximate surface area is 115 Å². The predicted octanol–water partition coefficient (Wildman–Crippen LogP) is 1.30. The zero-order chi connectivity index (χ0) is 13.8. The molecule has 1 aromatic rings. The van der Waals surface area contributed by atoms with Crippen LogP contribution in [0.25, 0.3) is 0 Å². The Balaban J connectivity index is 2.24. The molecular formula is C15H23N3O. The van der Waals surface area contributed by atoms with E-state index >= 15 is 0 Å². The van der Waals surface area contributed by atoms with Gasteiger partial charge < -0.3 is 15.5 Å². The van der Waals surface area contributed by atoms with Crippen LogP contribution in [0.1, 0.15) is 18.9 Å². The number of rotatable bonds is 4. The van der Waals surface area contributed by atoms with Crippen molar-refractivity contribution < 1.29 is 4.79 Å². The number of benzene rings is 1. The third-order valence-corrected chi connectivity index (χ3v) is 3.54. The third kappa shape index (κ3) is 3.26. The number of hydrogen-bond donors (Lipinski definition) is 2. The van der Waals surface area contributed by atoms with Gasteiger partial charge in [-0.1, -0.05) is 12.1 Å². The van der Waals surface area contributed by atoms with Gasteiger partial charge in [-0.15, -0.1) is 0 Å². The molecule has 2 atom stereocenters. The van der Waals surface area contributed by atoms with Crippen LogP contribution in [0.4, 0.5) is 5.69 Å². The predicted molar refractivity (Wildman–Crippen MR) is 78.5 cm³/mol. The number of hydrogen-bond acceptors (Lipinski definition) is 3. The van der Waals surface area contributed by atoms with Crippen molar-refractivity contribution in [2.24, 2.45) is 0 Å². The molecule has 0 radical (unpaired) electrons.